The van der Waals surface area contributed by atoms with Crippen LogP contribution in [0.3, 0.4) is 0 Å². The van der Waals surface area contributed by atoms with Gasteiger partial charge in [-0.15, -0.1) is 0 Å². The molecule has 1 amide bonds. The quantitative estimate of drug-likeness (QED) is 0.876. The number of ether oxygens (including phenoxy) is 2. The molecule has 1 aromatic carbocycles. The summed E-state index contributed by atoms with van der Waals surface area (Å²) in [5.41, 5.74) is 1.27. The molecular weight excluding hydrogens is 356 g/mol. The van der Waals surface area contributed by atoms with Gasteiger partial charge in [-0.25, -0.2) is 9.97 Å². The van der Waals surface area contributed by atoms with Gasteiger partial charge >= 0.3 is 0 Å². The molecule has 28 heavy (non-hydrogen) atoms. The van der Waals surface area contributed by atoms with Crippen molar-refractivity contribution in [2.24, 2.45) is 0 Å². The summed E-state index contributed by atoms with van der Waals surface area (Å²) in [6.45, 7) is 6.71. The lowest BCUT2D eigenvalue weighted by Gasteiger charge is -2.38. The van der Waals surface area contributed by atoms with E-state index in [1.807, 2.05) is 44.2 Å². The lowest BCUT2D eigenvalue weighted by molar-refractivity contribution is -0.169. The van der Waals surface area contributed by atoms with Crippen molar-refractivity contribution in [2.75, 3.05) is 31.2 Å². The monoisotopic (exact) mass is 382 g/mol. The highest BCUT2D eigenvalue weighted by molar-refractivity contribution is 5.93. The lowest BCUT2D eigenvalue weighted by atomic mass is 10.0. The van der Waals surface area contributed by atoms with Gasteiger partial charge in [-0.05, 0) is 13.8 Å². The number of piperidine rings is 1. The minimum atomic E-state index is -0.441. The zero-order valence-corrected chi connectivity index (χ0v) is 16.4. The molecule has 0 radical (unpaired) electrons. The number of carbonyl (C=O) groups excluding carboxylic acids is 1. The smallest absolute Gasteiger partial charge is 0.270 e. The maximum Gasteiger partial charge on any atom is 0.270 e. The Hall–Kier alpha value is -2.51. The van der Waals surface area contributed by atoms with Crippen LogP contribution in [0.5, 0.6) is 0 Å². The second-order valence-electron chi connectivity index (χ2n) is 7.52. The molecule has 2 aliphatic rings. The number of nitrogens with zero attached hydrogens (tertiary/aromatic N) is 3. The van der Waals surface area contributed by atoms with Gasteiger partial charge in [-0.1, -0.05) is 30.3 Å². The molecule has 2 fully saturated rings. The summed E-state index contributed by atoms with van der Waals surface area (Å²) in [5, 5.41) is 2.92. The van der Waals surface area contributed by atoms with Crippen LogP contribution in [0.1, 0.15) is 37.2 Å². The fourth-order valence-corrected chi connectivity index (χ4v) is 3.63. The Morgan fingerprint density at radius 1 is 1.11 bits per heavy atom. The fraction of sp³-hybridized carbons (Fsp3) is 0.476. The first-order valence-electron chi connectivity index (χ1n) is 9.83. The maximum atomic E-state index is 12.6. The predicted octanol–water partition coefficient (Wildman–Crippen LogP) is 2.63. The molecular formula is C21H26N4O3. The highest BCUT2D eigenvalue weighted by Gasteiger charge is 2.40. The van der Waals surface area contributed by atoms with Crippen molar-refractivity contribution in [3.8, 4) is 11.4 Å². The van der Waals surface area contributed by atoms with Crippen LogP contribution in [0.25, 0.3) is 11.4 Å². The number of benzene rings is 1. The standard InChI is InChI=1S/C21H26N4O3/c1-15(2)22-20(26)17-14-18(24-19(23-17)16-6-4-3-5-7-16)25-10-8-21(9-11-25)27-12-13-28-21/h3-7,14-15H,8-13H2,1-2H3,(H,22,26). The molecule has 1 spiro atoms. The number of carbonyl (C=O) groups is 1. The van der Waals surface area contributed by atoms with Crippen LogP contribution in [0.15, 0.2) is 36.4 Å². The van der Waals surface area contributed by atoms with Gasteiger partial charge in [-0.2, -0.15) is 0 Å². The van der Waals surface area contributed by atoms with Crippen molar-refractivity contribution in [2.45, 2.75) is 38.5 Å². The van der Waals surface area contributed by atoms with E-state index in [0.29, 0.717) is 24.7 Å². The van der Waals surface area contributed by atoms with E-state index >= 15 is 0 Å². The number of anilines is 1. The molecule has 1 N–H and O–H groups in total. The Morgan fingerprint density at radius 2 is 1.79 bits per heavy atom. The maximum absolute atomic E-state index is 12.6. The zero-order valence-electron chi connectivity index (χ0n) is 16.4. The summed E-state index contributed by atoms with van der Waals surface area (Å²) in [6, 6.07) is 11.6. The summed E-state index contributed by atoms with van der Waals surface area (Å²) in [4.78, 5) is 24.1. The average molecular weight is 382 g/mol. The number of amides is 1. The van der Waals surface area contributed by atoms with Crippen molar-refractivity contribution in [3.63, 3.8) is 0 Å². The van der Waals surface area contributed by atoms with Gasteiger partial charge < -0.3 is 19.7 Å². The molecule has 1 aromatic heterocycles. The first kappa shape index (κ1) is 18.8. The number of nitrogens with one attached hydrogen (secondary N) is 1. The van der Waals surface area contributed by atoms with Crippen LogP contribution in [0, 0.1) is 0 Å². The fourth-order valence-electron chi connectivity index (χ4n) is 3.63. The molecule has 0 saturated carbocycles. The topological polar surface area (TPSA) is 76.6 Å². The van der Waals surface area contributed by atoms with E-state index < -0.39 is 5.79 Å². The minimum absolute atomic E-state index is 0.0394. The van der Waals surface area contributed by atoms with Crippen molar-refractivity contribution in [1.29, 1.82) is 0 Å². The zero-order chi connectivity index (χ0) is 19.6. The molecule has 0 unspecified atom stereocenters. The molecule has 0 bridgehead atoms. The number of hydrogen-bond donors (Lipinski definition) is 1. The molecule has 4 rings (SSSR count). The molecule has 7 heteroatoms. The summed E-state index contributed by atoms with van der Waals surface area (Å²) >= 11 is 0. The van der Waals surface area contributed by atoms with Crippen molar-refractivity contribution in [1.82, 2.24) is 15.3 Å². The highest BCUT2D eigenvalue weighted by Crippen LogP contribution is 2.33. The molecule has 2 aliphatic heterocycles. The van der Waals surface area contributed by atoms with Crippen molar-refractivity contribution >= 4 is 11.7 Å². The van der Waals surface area contributed by atoms with Gasteiger partial charge in [0, 0.05) is 43.6 Å². The molecule has 0 aliphatic carbocycles. The van der Waals surface area contributed by atoms with E-state index in [2.05, 4.69) is 15.2 Å². The molecule has 3 heterocycles. The molecule has 2 saturated heterocycles. The summed E-state index contributed by atoms with van der Waals surface area (Å²) < 4.78 is 11.6. The van der Waals surface area contributed by atoms with Crippen LogP contribution in [0.2, 0.25) is 0 Å². The van der Waals surface area contributed by atoms with Crippen molar-refractivity contribution in [3.05, 3.63) is 42.1 Å². The third-order valence-electron chi connectivity index (χ3n) is 5.06. The van der Waals surface area contributed by atoms with Crippen LogP contribution in [-0.2, 0) is 9.47 Å². The Labute approximate surface area is 165 Å². The van der Waals surface area contributed by atoms with E-state index in [1.54, 1.807) is 6.07 Å². The Balaban J connectivity index is 1.63. The second kappa shape index (κ2) is 7.85. The van der Waals surface area contributed by atoms with Gasteiger partial charge in [0.2, 0.25) is 0 Å². The van der Waals surface area contributed by atoms with Crippen LogP contribution in [0.4, 0.5) is 5.82 Å². The van der Waals surface area contributed by atoms with E-state index in [4.69, 9.17) is 14.5 Å². The van der Waals surface area contributed by atoms with Crippen molar-refractivity contribution < 1.29 is 14.3 Å². The molecule has 0 atom stereocenters. The average Bonchev–Trinajstić information content (AvgIpc) is 3.16. The van der Waals surface area contributed by atoms with Gasteiger partial charge in [0.1, 0.15) is 11.5 Å². The highest BCUT2D eigenvalue weighted by atomic mass is 16.7. The summed E-state index contributed by atoms with van der Waals surface area (Å²) in [6.07, 6.45) is 1.57. The first-order chi connectivity index (χ1) is 13.5. The Kier molecular flexibility index (Phi) is 5.28. The minimum Gasteiger partial charge on any atom is -0.356 e. The Morgan fingerprint density at radius 3 is 2.43 bits per heavy atom. The Bertz CT molecular complexity index is 825. The molecule has 148 valence electrons. The SMILES string of the molecule is CC(C)NC(=O)c1cc(N2CCC3(CC2)OCCO3)nc(-c2ccccc2)n1. The van der Waals surface area contributed by atoms with Crippen LogP contribution < -0.4 is 10.2 Å². The van der Waals surface area contributed by atoms with E-state index in [1.165, 1.54) is 0 Å². The van der Waals surface area contributed by atoms with Crippen LogP contribution >= 0.6 is 0 Å². The summed E-state index contributed by atoms with van der Waals surface area (Å²) in [7, 11) is 0. The second-order valence-corrected chi connectivity index (χ2v) is 7.52. The first-order valence-corrected chi connectivity index (χ1v) is 9.83. The summed E-state index contributed by atoms with van der Waals surface area (Å²) in [5.74, 6) is 0.687. The number of rotatable bonds is 4. The third kappa shape index (κ3) is 4.00. The van der Waals surface area contributed by atoms with Gasteiger partial charge in [0.25, 0.3) is 5.91 Å². The van der Waals surface area contributed by atoms with Gasteiger partial charge in [0.15, 0.2) is 11.6 Å². The predicted molar refractivity (Wildman–Crippen MR) is 106 cm³/mol. The van der Waals surface area contributed by atoms with Crippen LogP contribution in [-0.4, -0.2) is 54.0 Å². The largest absolute Gasteiger partial charge is 0.356 e. The number of hydrogen-bond acceptors (Lipinski definition) is 6. The normalized spacial score (nSPS) is 18.6. The number of aromatic nitrogens is 2. The lowest BCUT2D eigenvalue weighted by Crippen LogP contribution is -2.45. The third-order valence-corrected chi connectivity index (χ3v) is 5.06. The van der Waals surface area contributed by atoms with E-state index in [0.717, 1.165) is 37.3 Å². The van der Waals surface area contributed by atoms with E-state index in [9.17, 15) is 4.79 Å². The molecule has 2 aromatic rings. The van der Waals surface area contributed by atoms with Gasteiger partial charge in [0.05, 0.1) is 13.2 Å². The van der Waals surface area contributed by atoms with E-state index in [-0.39, 0.29) is 11.9 Å². The molecule has 7 nitrogen and oxygen atoms in total. The van der Waals surface area contributed by atoms with Gasteiger partial charge in [-0.3, -0.25) is 4.79 Å².